The van der Waals surface area contributed by atoms with Crippen molar-refractivity contribution in [3.05, 3.63) is 40.7 Å². The summed E-state index contributed by atoms with van der Waals surface area (Å²) in [6.07, 6.45) is 1.61. The van der Waals surface area contributed by atoms with Gasteiger partial charge in [0.2, 0.25) is 10.0 Å². The fourth-order valence-corrected chi connectivity index (χ4v) is 3.30. The van der Waals surface area contributed by atoms with Crippen molar-refractivity contribution in [2.75, 3.05) is 5.73 Å². The first-order chi connectivity index (χ1) is 9.31. The molecule has 0 bridgehead atoms. The summed E-state index contributed by atoms with van der Waals surface area (Å²) in [6, 6.07) is 3.38. The molecule has 0 aliphatic carbocycles. The van der Waals surface area contributed by atoms with Gasteiger partial charge in [-0.05, 0) is 44.0 Å². The van der Waals surface area contributed by atoms with E-state index in [2.05, 4.69) is 14.9 Å². The molecule has 0 aliphatic rings. The van der Waals surface area contributed by atoms with E-state index in [1.807, 2.05) is 13.8 Å². The van der Waals surface area contributed by atoms with Gasteiger partial charge in [-0.3, -0.25) is 5.10 Å². The Labute approximate surface area is 118 Å². The lowest BCUT2D eigenvalue weighted by Crippen LogP contribution is -2.24. The predicted molar refractivity (Wildman–Crippen MR) is 77.7 cm³/mol. The van der Waals surface area contributed by atoms with Crippen LogP contribution in [0.15, 0.2) is 23.2 Å². The van der Waals surface area contributed by atoms with Gasteiger partial charge in [0.05, 0.1) is 11.1 Å². The zero-order valence-electron chi connectivity index (χ0n) is 11.7. The SMILES string of the molecule is Cc1cc(N)c(C)c(S(=O)(=O)NCc2cn[nH]c2C)c1. The zero-order valence-corrected chi connectivity index (χ0v) is 12.5. The van der Waals surface area contributed by atoms with Crippen molar-refractivity contribution in [1.29, 1.82) is 0 Å². The molecule has 1 heterocycles. The van der Waals surface area contributed by atoms with Crippen molar-refractivity contribution >= 4 is 15.7 Å². The van der Waals surface area contributed by atoms with Crippen molar-refractivity contribution in [2.45, 2.75) is 32.2 Å². The quantitative estimate of drug-likeness (QED) is 0.742. The molecule has 6 nitrogen and oxygen atoms in total. The van der Waals surface area contributed by atoms with Gasteiger partial charge in [0.1, 0.15) is 0 Å². The van der Waals surface area contributed by atoms with Crippen LogP contribution in [0.1, 0.15) is 22.4 Å². The molecule has 0 saturated carbocycles. The van der Waals surface area contributed by atoms with E-state index >= 15 is 0 Å². The number of H-pyrrole nitrogens is 1. The number of nitrogens with two attached hydrogens (primary N) is 1. The monoisotopic (exact) mass is 294 g/mol. The minimum absolute atomic E-state index is 0.192. The van der Waals surface area contributed by atoms with Crippen LogP contribution in [0.3, 0.4) is 0 Å². The van der Waals surface area contributed by atoms with Crippen LogP contribution in [0.25, 0.3) is 0 Å². The lowest BCUT2D eigenvalue weighted by Gasteiger charge is -2.12. The van der Waals surface area contributed by atoms with Gasteiger partial charge in [-0.2, -0.15) is 5.10 Å². The molecule has 0 radical (unpaired) electrons. The van der Waals surface area contributed by atoms with Crippen LogP contribution < -0.4 is 10.5 Å². The number of rotatable bonds is 4. The van der Waals surface area contributed by atoms with Crippen molar-refractivity contribution in [3.8, 4) is 0 Å². The minimum atomic E-state index is -3.60. The number of aryl methyl sites for hydroxylation is 2. The highest BCUT2D eigenvalue weighted by atomic mass is 32.2. The Balaban J connectivity index is 2.29. The molecule has 108 valence electrons. The highest BCUT2D eigenvalue weighted by Crippen LogP contribution is 2.23. The molecule has 0 fully saturated rings. The second-order valence-corrected chi connectivity index (χ2v) is 6.56. The van der Waals surface area contributed by atoms with Crippen LogP contribution in [-0.4, -0.2) is 18.6 Å². The minimum Gasteiger partial charge on any atom is -0.398 e. The van der Waals surface area contributed by atoms with E-state index in [1.54, 1.807) is 25.3 Å². The van der Waals surface area contributed by atoms with E-state index in [4.69, 9.17) is 5.73 Å². The van der Waals surface area contributed by atoms with Crippen molar-refractivity contribution < 1.29 is 8.42 Å². The molecule has 2 aromatic rings. The summed E-state index contributed by atoms with van der Waals surface area (Å²) in [4.78, 5) is 0.219. The predicted octanol–water partition coefficient (Wildman–Crippen LogP) is 1.40. The summed E-state index contributed by atoms with van der Waals surface area (Å²) < 4.78 is 27.3. The molecule has 4 N–H and O–H groups in total. The second kappa shape index (κ2) is 5.26. The summed E-state index contributed by atoms with van der Waals surface area (Å²) in [6.45, 7) is 5.55. The summed E-state index contributed by atoms with van der Waals surface area (Å²) in [5.41, 5.74) is 9.33. The third-order valence-electron chi connectivity index (χ3n) is 3.22. The number of nitrogen functional groups attached to an aromatic ring is 1. The summed E-state index contributed by atoms with van der Waals surface area (Å²) >= 11 is 0. The number of nitrogens with zero attached hydrogens (tertiary/aromatic N) is 1. The molecule has 0 amide bonds. The highest BCUT2D eigenvalue weighted by molar-refractivity contribution is 7.89. The first-order valence-electron chi connectivity index (χ1n) is 6.16. The summed E-state index contributed by atoms with van der Waals surface area (Å²) in [5, 5.41) is 6.63. The molecule has 1 aromatic heterocycles. The van der Waals surface area contributed by atoms with Crippen LogP contribution in [0.4, 0.5) is 5.69 Å². The molecule has 0 spiro atoms. The normalized spacial score (nSPS) is 11.8. The van der Waals surface area contributed by atoms with Crippen LogP contribution in [0, 0.1) is 20.8 Å². The zero-order chi connectivity index (χ0) is 14.9. The van der Waals surface area contributed by atoms with Crippen LogP contribution in [0.2, 0.25) is 0 Å². The van der Waals surface area contributed by atoms with E-state index < -0.39 is 10.0 Å². The molecule has 0 aliphatic heterocycles. The molecule has 0 saturated heterocycles. The van der Waals surface area contributed by atoms with Gasteiger partial charge in [0, 0.05) is 23.5 Å². The van der Waals surface area contributed by atoms with Gasteiger partial charge < -0.3 is 5.73 Å². The Hall–Kier alpha value is -1.86. The van der Waals surface area contributed by atoms with E-state index in [1.165, 1.54) is 0 Å². The first-order valence-corrected chi connectivity index (χ1v) is 7.65. The second-order valence-electron chi connectivity index (χ2n) is 4.82. The number of hydrogen-bond acceptors (Lipinski definition) is 4. The van der Waals surface area contributed by atoms with Crippen LogP contribution in [-0.2, 0) is 16.6 Å². The number of aromatic amines is 1. The number of anilines is 1. The van der Waals surface area contributed by atoms with E-state index in [-0.39, 0.29) is 11.4 Å². The molecule has 0 unspecified atom stereocenters. The maximum absolute atomic E-state index is 12.4. The molecule has 0 atom stereocenters. The van der Waals surface area contributed by atoms with Crippen molar-refractivity contribution in [1.82, 2.24) is 14.9 Å². The fraction of sp³-hybridized carbons (Fsp3) is 0.308. The number of hydrogen-bond donors (Lipinski definition) is 3. The first kappa shape index (κ1) is 14.5. The number of benzene rings is 1. The van der Waals surface area contributed by atoms with Gasteiger partial charge in [0.25, 0.3) is 0 Å². The Bertz CT molecular complexity index is 735. The van der Waals surface area contributed by atoms with Gasteiger partial charge >= 0.3 is 0 Å². The number of aromatic nitrogens is 2. The molecular formula is C13H18N4O2S. The van der Waals surface area contributed by atoms with E-state index in [0.29, 0.717) is 11.3 Å². The van der Waals surface area contributed by atoms with Crippen molar-refractivity contribution in [2.24, 2.45) is 0 Å². The molecule has 2 rings (SSSR count). The highest BCUT2D eigenvalue weighted by Gasteiger charge is 2.19. The topological polar surface area (TPSA) is 101 Å². The van der Waals surface area contributed by atoms with Crippen molar-refractivity contribution in [3.63, 3.8) is 0 Å². The lowest BCUT2D eigenvalue weighted by atomic mass is 10.1. The van der Waals surface area contributed by atoms with Crippen LogP contribution >= 0.6 is 0 Å². The molecule has 1 aromatic carbocycles. The lowest BCUT2D eigenvalue weighted by molar-refractivity contribution is 0.580. The third-order valence-corrected chi connectivity index (χ3v) is 4.75. The third kappa shape index (κ3) is 2.83. The summed E-state index contributed by atoms with van der Waals surface area (Å²) in [5.74, 6) is 0. The summed E-state index contributed by atoms with van der Waals surface area (Å²) in [7, 11) is -3.60. The molecule has 20 heavy (non-hydrogen) atoms. The number of nitrogens with one attached hydrogen (secondary N) is 2. The van der Waals surface area contributed by atoms with Gasteiger partial charge in [-0.1, -0.05) is 0 Å². The van der Waals surface area contributed by atoms with E-state index in [0.717, 1.165) is 16.8 Å². The maximum atomic E-state index is 12.4. The number of sulfonamides is 1. The van der Waals surface area contributed by atoms with Gasteiger partial charge in [-0.25, -0.2) is 13.1 Å². The van der Waals surface area contributed by atoms with Gasteiger partial charge in [-0.15, -0.1) is 0 Å². The Kier molecular flexibility index (Phi) is 3.82. The Morgan fingerprint density at radius 1 is 1.30 bits per heavy atom. The Morgan fingerprint density at radius 2 is 2.00 bits per heavy atom. The van der Waals surface area contributed by atoms with E-state index in [9.17, 15) is 8.42 Å². The average Bonchev–Trinajstić information content (AvgIpc) is 2.77. The maximum Gasteiger partial charge on any atom is 0.241 e. The molecular weight excluding hydrogens is 276 g/mol. The fourth-order valence-electron chi connectivity index (χ4n) is 1.94. The average molecular weight is 294 g/mol. The Morgan fingerprint density at radius 3 is 2.60 bits per heavy atom. The van der Waals surface area contributed by atoms with Crippen LogP contribution in [0.5, 0.6) is 0 Å². The largest absolute Gasteiger partial charge is 0.398 e. The van der Waals surface area contributed by atoms with Gasteiger partial charge in [0.15, 0.2) is 0 Å². The smallest absolute Gasteiger partial charge is 0.241 e. The molecule has 7 heteroatoms. The standard InChI is InChI=1S/C13H18N4O2S/c1-8-4-12(14)9(2)13(5-8)20(18,19)16-7-11-6-15-17-10(11)3/h4-6,16H,7,14H2,1-3H3,(H,15,17).